The quantitative estimate of drug-likeness (QED) is 0.676. The summed E-state index contributed by atoms with van der Waals surface area (Å²) in [7, 11) is 1.77. The lowest BCUT2D eigenvalue weighted by molar-refractivity contribution is -0.385. The van der Waals surface area contributed by atoms with Gasteiger partial charge in [0.05, 0.1) is 9.95 Å². The minimum absolute atomic E-state index is 0.0665. The Labute approximate surface area is 120 Å². The van der Waals surface area contributed by atoms with Gasteiger partial charge < -0.3 is 10.1 Å². The molecule has 0 atom stereocenters. The van der Waals surface area contributed by atoms with E-state index in [-0.39, 0.29) is 23.1 Å². The first-order valence-electron chi connectivity index (χ1n) is 5.80. The van der Waals surface area contributed by atoms with Crippen molar-refractivity contribution in [2.75, 3.05) is 12.4 Å². The second-order valence-corrected chi connectivity index (χ2v) is 4.34. The van der Waals surface area contributed by atoms with Gasteiger partial charge in [-0.25, -0.2) is 4.98 Å². The zero-order valence-electron chi connectivity index (χ0n) is 10.7. The molecule has 1 N–H and O–H groups in total. The van der Waals surface area contributed by atoms with Gasteiger partial charge in [0.15, 0.2) is 0 Å². The third-order valence-electron chi connectivity index (χ3n) is 2.61. The van der Waals surface area contributed by atoms with Crippen molar-refractivity contribution in [3.8, 4) is 5.75 Å². The molecule has 0 bridgehead atoms. The van der Waals surface area contributed by atoms with Crippen molar-refractivity contribution in [2.45, 2.75) is 6.61 Å². The first kappa shape index (κ1) is 14.1. The average molecular weight is 294 g/mol. The monoisotopic (exact) mass is 293 g/mol. The van der Waals surface area contributed by atoms with Crippen molar-refractivity contribution < 1.29 is 9.66 Å². The second-order valence-electron chi connectivity index (χ2n) is 3.94. The van der Waals surface area contributed by atoms with Gasteiger partial charge in [0.2, 0.25) is 5.75 Å². The van der Waals surface area contributed by atoms with Gasteiger partial charge in [-0.15, -0.1) is 0 Å². The van der Waals surface area contributed by atoms with E-state index in [1.165, 1.54) is 12.1 Å². The standard InChI is InChI=1S/C13H12ClN3O3/c1-15-12-6-5-9(7-16-12)8-20-13-10(14)3-2-4-11(13)17(18)19/h2-7H,8H2,1H3,(H,15,16). The fourth-order valence-electron chi connectivity index (χ4n) is 1.60. The van der Waals surface area contributed by atoms with Crippen molar-refractivity contribution in [3.63, 3.8) is 0 Å². The predicted molar refractivity (Wildman–Crippen MR) is 76.2 cm³/mol. The number of anilines is 1. The third-order valence-corrected chi connectivity index (χ3v) is 2.90. The van der Waals surface area contributed by atoms with E-state index < -0.39 is 4.92 Å². The van der Waals surface area contributed by atoms with Crippen molar-refractivity contribution >= 4 is 23.1 Å². The highest BCUT2D eigenvalue weighted by atomic mass is 35.5. The summed E-state index contributed by atoms with van der Waals surface area (Å²) in [5.41, 5.74) is 0.635. The molecule has 0 aliphatic heterocycles. The number of aromatic nitrogens is 1. The van der Waals surface area contributed by atoms with Gasteiger partial charge in [0.25, 0.3) is 0 Å². The molecule has 0 radical (unpaired) electrons. The lowest BCUT2D eigenvalue weighted by Crippen LogP contribution is -2.01. The maximum Gasteiger partial charge on any atom is 0.312 e. The number of benzene rings is 1. The molecule has 0 unspecified atom stereocenters. The number of hydrogen-bond acceptors (Lipinski definition) is 5. The minimum atomic E-state index is -0.524. The van der Waals surface area contributed by atoms with Crippen LogP contribution in [0.1, 0.15) is 5.56 Å². The Hall–Kier alpha value is -2.34. The molecule has 0 saturated carbocycles. The summed E-state index contributed by atoms with van der Waals surface area (Å²) in [6, 6.07) is 8.02. The molecule has 0 fully saturated rings. The molecule has 2 aromatic rings. The van der Waals surface area contributed by atoms with Crippen LogP contribution in [0.2, 0.25) is 5.02 Å². The molecule has 0 aliphatic rings. The van der Waals surface area contributed by atoms with Crippen molar-refractivity contribution in [1.29, 1.82) is 0 Å². The normalized spacial score (nSPS) is 10.1. The first-order chi connectivity index (χ1) is 9.61. The smallest absolute Gasteiger partial charge is 0.312 e. The molecule has 6 nitrogen and oxygen atoms in total. The molecule has 0 spiro atoms. The zero-order valence-corrected chi connectivity index (χ0v) is 11.4. The summed E-state index contributed by atoms with van der Waals surface area (Å²) >= 11 is 5.93. The first-order valence-corrected chi connectivity index (χ1v) is 6.18. The molecule has 1 heterocycles. The highest BCUT2D eigenvalue weighted by Crippen LogP contribution is 2.34. The van der Waals surface area contributed by atoms with Gasteiger partial charge in [0, 0.05) is 24.9 Å². The van der Waals surface area contributed by atoms with Crippen LogP contribution in [-0.2, 0) is 6.61 Å². The van der Waals surface area contributed by atoms with E-state index in [9.17, 15) is 10.1 Å². The van der Waals surface area contributed by atoms with Gasteiger partial charge in [-0.1, -0.05) is 23.7 Å². The Morgan fingerprint density at radius 3 is 2.80 bits per heavy atom. The molecular formula is C13H12ClN3O3. The fourth-order valence-corrected chi connectivity index (χ4v) is 1.82. The Balaban J connectivity index is 2.16. The highest BCUT2D eigenvalue weighted by molar-refractivity contribution is 6.32. The minimum Gasteiger partial charge on any atom is -0.481 e. The molecule has 20 heavy (non-hydrogen) atoms. The van der Waals surface area contributed by atoms with E-state index in [1.54, 1.807) is 25.4 Å². The van der Waals surface area contributed by atoms with Gasteiger partial charge in [-0.2, -0.15) is 0 Å². The molecule has 7 heteroatoms. The lowest BCUT2D eigenvalue weighted by Gasteiger charge is -2.08. The number of hydrogen-bond donors (Lipinski definition) is 1. The summed E-state index contributed by atoms with van der Waals surface area (Å²) in [5.74, 6) is 0.800. The topological polar surface area (TPSA) is 77.3 Å². The number of halogens is 1. The summed E-state index contributed by atoms with van der Waals surface area (Å²) in [6.07, 6.45) is 1.63. The number of nitrogens with zero attached hydrogens (tertiary/aromatic N) is 2. The molecule has 1 aromatic carbocycles. The Morgan fingerprint density at radius 1 is 1.40 bits per heavy atom. The van der Waals surface area contributed by atoms with Crippen LogP contribution in [0.25, 0.3) is 0 Å². The molecule has 0 aliphatic carbocycles. The van der Waals surface area contributed by atoms with Gasteiger partial charge in [-0.05, 0) is 12.1 Å². The van der Waals surface area contributed by atoms with Crippen LogP contribution in [0, 0.1) is 10.1 Å². The van der Waals surface area contributed by atoms with E-state index in [2.05, 4.69) is 10.3 Å². The van der Waals surface area contributed by atoms with Crippen molar-refractivity contribution in [3.05, 3.63) is 57.2 Å². The number of ether oxygens (including phenoxy) is 1. The summed E-state index contributed by atoms with van der Waals surface area (Å²) in [6.45, 7) is 0.154. The SMILES string of the molecule is CNc1ccc(COc2c(Cl)cccc2[N+](=O)[O-])cn1. The summed E-state index contributed by atoms with van der Waals surface area (Å²) in [4.78, 5) is 14.5. The number of rotatable bonds is 5. The molecule has 0 saturated heterocycles. The number of nitro groups is 1. The van der Waals surface area contributed by atoms with Gasteiger partial charge in [-0.3, -0.25) is 10.1 Å². The lowest BCUT2D eigenvalue weighted by atomic mass is 10.3. The molecule has 104 valence electrons. The van der Waals surface area contributed by atoms with Crippen LogP contribution in [0.3, 0.4) is 0 Å². The van der Waals surface area contributed by atoms with Crippen LogP contribution in [0.4, 0.5) is 11.5 Å². The van der Waals surface area contributed by atoms with Crippen LogP contribution in [-0.4, -0.2) is 17.0 Å². The summed E-state index contributed by atoms with van der Waals surface area (Å²) < 4.78 is 5.45. The fraction of sp³-hybridized carbons (Fsp3) is 0.154. The van der Waals surface area contributed by atoms with Crippen LogP contribution >= 0.6 is 11.6 Å². The number of nitrogens with one attached hydrogen (secondary N) is 1. The maximum absolute atomic E-state index is 10.9. The number of pyridine rings is 1. The van der Waals surface area contributed by atoms with Gasteiger partial charge >= 0.3 is 5.69 Å². The highest BCUT2D eigenvalue weighted by Gasteiger charge is 2.18. The Bertz CT molecular complexity index is 617. The van der Waals surface area contributed by atoms with E-state index in [0.717, 1.165) is 11.4 Å². The average Bonchev–Trinajstić information content (AvgIpc) is 2.46. The number of para-hydroxylation sites is 1. The summed E-state index contributed by atoms with van der Waals surface area (Å²) in [5, 5.41) is 14.0. The van der Waals surface area contributed by atoms with E-state index in [1.807, 2.05) is 6.07 Å². The molecule has 1 aromatic heterocycles. The van der Waals surface area contributed by atoms with E-state index in [0.29, 0.717) is 0 Å². The number of nitro benzene ring substituents is 1. The maximum atomic E-state index is 10.9. The van der Waals surface area contributed by atoms with Crippen molar-refractivity contribution in [2.24, 2.45) is 0 Å². The third kappa shape index (κ3) is 3.16. The van der Waals surface area contributed by atoms with Crippen LogP contribution < -0.4 is 10.1 Å². The van der Waals surface area contributed by atoms with Crippen molar-refractivity contribution in [1.82, 2.24) is 4.98 Å². The second kappa shape index (κ2) is 6.21. The zero-order chi connectivity index (χ0) is 14.5. The van der Waals surface area contributed by atoms with E-state index in [4.69, 9.17) is 16.3 Å². The van der Waals surface area contributed by atoms with Crippen LogP contribution in [0.5, 0.6) is 5.75 Å². The molecule has 2 rings (SSSR count). The largest absolute Gasteiger partial charge is 0.481 e. The Morgan fingerprint density at radius 2 is 2.20 bits per heavy atom. The predicted octanol–water partition coefficient (Wildman–Crippen LogP) is 3.26. The van der Waals surface area contributed by atoms with Crippen LogP contribution in [0.15, 0.2) is 36.5 Å². The molecular weight excluding hydrogens is 282 g/mol. The van der Waals surface area contributed by atoms with E-state index >= 15 is 0 Å². The Kier molecular flexibility index (Phi) is 4.37. The molecule has 0 amide bonds. The van der Waals surface area contributed by atoms with Gasteiger partial charge in [0.1, 0.15) is 12.4 Å².